The van der Waals surface area contributed by atoms with Gasteiger partial charge in [0.1, 0.15) is 11.8 Å². The number of fused-ring (bicyclic) bond motifs is 1. The third-order valence-corrected chi connectivity index (χ3v) is 5.21. The number of phosphoric acid groups is 1. The molecule has 0 aliphatic rings. The van der Waals surface area contributed by atoms with Crippen molar-refractivity contribution in [3.63, 3.8) is 0 Å². The summed E-state index contributed by atoms with van der Waals surface area (Å²) in [4.78, 5) is 36.7. The molecule has 11 heteroatoms. The van der Waals surface area contributed by atoms with Crippen LogP contribution in [0.2, 0.25) is 0 Å². The molecule has 3 aromatic rings. The molecule has 1 aromatic carbocycles. The molecule has 0 saturated heterocycles. The van der Waals surface area contributed by atoms with E-state index in [9.17, 15) is 19.6 Å². The molecule has 2 aromatic heterocycles. The Morgan fingerprint density at radius 1 is 1.30 bits per heavy atom. The fraction of sp³-hybridized carbons (Fsp3) is 0.263. The Bertz CT molecular complexity index is 1110. The van der Waals surface area contributed by atoms with Gasteiger partial charge in [0.25, 0.3) is 0 Å². The lowest BCUT2D eigenvalue weighted by Crippen LogP contribution is -2.38. The number of pyridine rings is 1. The number of carboxylic acids is 1. The molecule has 0 bridgehead atoms. The number of para-hydroxylation sites is 1. The first-order valence-corrected chi connectivity index (χ1v) is 10.6. The molecule has 0 aliphatic carbocycles. The number of benzene rings is 1. The number of aromatic hydroxyl groups is 1. The van der Waals surface area contributed by atoms with E-state index in [0.717, 1.165) is 16.5 Å². The smallest absolute Gasteiger partial charge is 0.469 e. The van der Waals surface area contributed by atoms with Gasteiger partial charge in [-0.3, -0.25) is 19.6 Å². The number of rotatable bonds is 9. The number of aryl methyl sites for hydroxylation is 1. The van der Waals surface area contributed by atoms with Gasteiger partial charge in [0.2, 0.25) is 0 Å². The van der Waals surface area contributed by atoms with Crippen molar-refractivity contribution >= 4 is 24.7 Å². The summed E-state index contributed by atoms with van der Waals surface area (Å²) in [7, 11) is -4.72. The van der Waals surface area contributed by atoms with Crippen LogP contribution < -0.4 is 5.32 Å². The highest BCUT2D eigenvalue weighted by atomic mass is 31.2. The van der Waals surface area contributed by atoms with Crippen molar-refractivity contribution in [2.24, 2.45) is 0 Å². The molecule has 0 saturated carbocycles. The third kappa shape index (κ3) is 5.24. The van der Waals surface area contributed by atoms with Gasteiger partial charge in [-0.15, -0.1) is 0 Å². The molecule has 0 spiro atoms. The third-order valence-electron chi connectivity index (χ3n) is 4.74. The summed E-state index contributed by atoms with van der Waals surface area (Å²) < 4.78 is 15.5. The maximum absolute atomic E-state index is 11.8. The first-order valence-electron chi connectivity index (χ1n) is 9.03. The Morgan fingerprint density at radius 2 is 2.03 bits per heavy atom. The van der Waals surface area contributed by atoms with Crippen molar-refractivity contribution in [1.82, 2.24) is 15.3 Å². The molecule has 0 fully saturated rings. The number of carboxylic acid groups (broad SMARTS) is 1. The lowest BCUT2D eigenvalue weighted by molar-refractivity contribution is -0.139. The standard InChI is InChI=1S/C19H22N3O7P/c1-11-18(23)15(13(8-20-11)10-29-30(26,27)28)9-22-17(19(24)25)6-12-7-21-16-5-3-2-4-14(12)16/h2-5,7-8,17,21-23H,6,9-10H2,1H3,(H,24,25)(H2,26,27,28)/t17-/m0/s1. The quantitative estimate of drug-likeness (QED) is 0.276. The minimum absolute atomic E-state index is 0.0611. The molecular weight excluding hydrogens is 413 g/mol. The molecule has 160 valence electrons. The molecule has 1 atom stereocenters. The van der Waals surface area contributed by atoms with Crippen LogP contribution in [0, 0.1) is 6.92 Å². The highest BCUT2D eigenvalue weighted by Gasteiger charge is 2.22. The highest BCUT2D eigenvalue weighted by Crippen LogP contribution is 2.38. The number of aromatic nitrogens is 2. The minimum Gasteiger partial charge on any atom is -0.506 e. The van der Waals surface area contributed by atoms with Gasteiger partial charge in [-0.1, -0.05) is 18.2 Å². The Hall–Kier alpha value is -2.75. The van der Waals surface area contributed by atoms with Gasteiger partial charge in [-0.25, -0.2) is 4.57 Å². The molecule has 10 nitrogen and oxygen atoms in total. The average Bonchev–Trinajstić information content (AvgIpc) is 3.09. The number of aromatic amines is 1. The van der Waals surface area contributed by atoms with Crippen LogP contribution in [-0.2, 0) is 33.5 Å². The van der Waals surface area contributed by atoms with Crippen molar-refractivity contribution in [1.29, 1.82) is 0 Å². The van der Waals surface area contributed by atoms with Crippen LogP contribution in [0.4, 0.5) is 0 Å². The second-order valence-corrected chi connectivity index (χ2v) is 8.03. The van der Waals surface area contributed by atoms with Crippen molar-refractivity contribution < 1.29 is 33.9 Å². The second-order valence-electron chi connectivity index (χ2n) is 6.80. The largest absolute Gasteiger partial charge is 0.506 e. The average molecular weight is 435 g/mol. The van der Waals surface area contributed by atoms with Gasteiger partial charge in [-0.2, -0.15) is 0 Å². The fourth-order valence-electron chi connectivity index (χ4n) is 3.15. The molecule has 0 unspecified atom stereocenters. The van der Waals surface area contributed by atoms with E-state index in [-0.39, 0.29) is 29.8 Å². The second kappa shape index (κ2) is 8.95. The van der Waals surface area contributed by atoms with E-state index in [0.29, 0.717) is 5.69 Å². The molecule has 30 heavy (non-hydrogen) atoms. The lowest BCUT2D eigenvalue weighted by Gasteiger charge is -2.18. The summed E-state index contributed by atoms with van der Waals surface area (Å²) in [5, 5.41) is 23.8. The number of phosphoric ester groups is 1. The van der Waals surface area contributed by atoms with Gasteiger partial charge in [0, 0.05) is 47.4 Å². The van der Waals surface area contributed by atoms with Crippen LogP contribution in [0.1, 0.15) is 22.4 Å². The number of hydrogen-bond donors (Lipinski definition) is 6. The van der Waals surface area contributed by atoms with Crippen LogP contribution in [-0.4, -0.2) is 42.0 Å². The van der Waals surface area contributed by atoms with E-state index < -0.39 is 26.4 Å². The van der Waals surface area contributed by atoms with Gasteiger partial charge >= 0.3 is 13.8 Å². The Labute approximate surface area is 171 Å². The van der Waals surface area contributed by atoms with Crippen LogP contribution in [0.3, 0.4) is 0 Å². The molecule has 0 radical (unpaired) electrons. The number of carbonyl (C=O) groups is 1. The molecule has 6 N–H and O–H groups in total. The summed E-state index contributed by atoms with van der Waals surface area (Å²) in [6.07, 6.45) is 3.28. The normalized spacial score (nSPS) is 12.9. The summed E-state index contributed by atoms with van der Waals surface area (Å²) in [6.45, 7) is 1.02. The summed E-state index contributed by atoms with van der Waals surface area (Å²) in [5.74, 6) is -1.26. The Morgan fingerprint density at radius 3 is 2.73 bits per heavy atom. The van der Waals surface area contributed by atoms with E-state index in [1.807, 2.05) is 24.3 Å². The van der Waals surface area contributed by atoms with Crippen LogP contribution >= 0.6 is 7.82 Å². The zero-order chi connectivity index (χ0) is 21.9. The van der Waals surface area contributed by atoms with Crippen LogP contribution in [0.5, 0.6) is 5.75 Å². The monoisotopic (exact) mass is 435 g/mol. The number of hydrogen-bond acceptors (Lipinski definition) is 6. The van der Waals surface area contributed by atoms with Gasteiger partial charge in [0.05, 0.1) is 12.3 Å². The highest BCUT2D eigenvalue weighted by molar-refractivity contribution is 7.46. The fourth-order valence-corrected chi connectivity index (χ4v) is 3.46. The van der Waals surface area contributed by atoms with Crippen molar-refractivity contribution in [2.75, 3.05) is 0 Å². The first-order chi connectivity index (χ1) is 14.2. The predicted octanol–water partition coefficient (Wildman–Crippen LogP) is 1.97. The van der Waals surface area contributed by atoms with Gasteiger partial charge in [-0.05, 0) is 18.6 Å². The number of nitrogens with zero attached hydrogens (tertiary/aromatic N) is 1. The maximum atomic E-state index is 11.8. The zero-order valence-electron chi connectivity index (χ0n) is 16.1. The number of nitrogens with one attached hydrogen (secondary N) is 2. The summed E-state index contributed by atoms with van der Waals surface area (Å²) in [5.41, 5.74) is 2.53. The summed E-state index contributed by atoms with van der Waals surface area (Å²) >= 11 is 0. The van der Waals surface area contributed by atoms with Crippen LogP contribution in [0.15, 0.2) is 36.7 Å². The minimum atomic E-state index is -4.72. The summed E-state index contributed by atoms with van der Waals surface area (Å²) in [6, 6.07) is 6.58. The first kappa shape index (κ1) is 21.9. The SMILES string of the molecule is Cc1ncc(COP(=O)(O)O)c(CN[C@@H](Cc2c[nH]c3ccccc23)C(=O)O)c1O. The van der Waals surface area contributed by atoms with Crippen LogP contribution in [0.25, 0.3) is 10.9 Å². The number of aliphatic carboxylic acids is 1. The Balaban J connectivity index is 1.80. The lowest BCUT2D eigenvalue weighted by atomic mass is 10.0. The maximum Gasteiger partial charge on any atom is 0.469 e. The topological polar surface area (TPSA) is 165 Å². The number of H-pyrrole nitrogens is 1. The van der Waals surface area contributed by atoms with E-state index >= 15 is 0 Å². The molecule has 0 aliphatic heterocycles. The Kier molecular flexibility index (Phi) is 6.55. The zero-order valence-corrected chi connectivity index (χ0v) is 17.0. The van der Waals surface area contributed by atoms with E-state index in [4.69, 9.17) is 9.79 Å². The molecule has 2 heterocycles. The van der Waals surface area contributed by atoms with E-state index in [1.54, 1.807) is 13.1 Å². The molecule has 3 rings (SSSR count). The van der Waals surface area contributed by atoms with Crippen molar-refractivity contribution in [3.8, 4) is 5.75 Å². The molecular formula is C19H22N3O7P. The van der Waals surface area contributed by atoms with Crippen molar-refractivity contribution in [2.45, 2.75) is 32.5 Å². The van der Waals surface area contributed by atoms with Gasteiger partial charge < -0.3 is 25.0 Å². The van der Waals surface area contributed by atoms with Gasteiger partial charge in [0.15, 0.2) is 0 Å². The van der Waals surface area contributed by atoms with Crippen molar-refractivity contribution in [3.05, 3.63) is 59.0 Å². The van der Waals surface area contributed by atoms with E-state index in [2.05, 4.69) is 19.8 Å². The van der Waals surface area contributed by atoms with E-state index in [1.165, 1.54) is 6.20 Å². The molecule has 0 amide bonds. The predicted molar refractivity (Wildman–Crippen MR) is 108 cm³/mol.